The van der Waals surface area contributed by atoms with Crippen molar-refractivity contribution in [3.05, 3.63) is 39.4 Å². The lowest BCUT2D eigenvalue weighted by Gasteiger charge is -2.30. The summed E-state index contributed by atoms with van der Waals surface area (Å²) in [7, 11) is 0. The maximum Gasteiger partial charge on any atom is 0.341 e. The zero-order valence-electron chi connectivity index (χ0n) is 16.1. The zero-order chi connectivity index (χ0) is 19.8. The Morgan fingerprint density at radius 3 is 2.61 bits per heavy atom. The van der Waals surface area contributed by atoms with Crippen LogP contribution in [-0.4, -0.2) is 41.8 Å². The highest BCUT2D eigenvalue weighted by molar-refractivity contribution is 5.95. The molecule has 2 aromatic rings. The first-order chi connectivity index (χ1) is 13.5. The van der Waals surface area contributed by atoms with Crippen LogP contribution in [0.4, 0.5) is 10.1 Å². The molecule has 0 unspecified atom stereocenters. The Hall–Kier alpha value is -2.41. The number of nitrogens with zero attached hydrogens (tertiary/aromatic N) is 2. The fraction of sp³-hybridized carbons (Fsp3) is 0.524. The average Bonchev–Trinajstić information content (AvgIpc) is 3.51. The van der Waals surface area contributed by atoms with Gasteiger partial charge in [-0.05, 0) is 37.8 Å². The lowest BCUT2D eigenvalue weighted by molar-refractivity contribution is 0.0693. The molecule has 150 valence electrons. The third-order valence-electron chi connectivity index (χ3n) is 5.73. The molecule has 1 saturated carbocycles. The molecule has 7 heteroatoms. The van der Waals surface area contributed by atoms with Crippen molar-refractivity contribution in [2.75, 3.05) is 31.1 Å². The number of halogens is 1. The van der Waals surface area contributed by atoms with Gasteiger partial charge in [0.1, 0.15) is 11.4 Å². The first-order valence-corrected chi connectivity index (χ1v) is 10.1. The first-order valence-electron chi connectivity index (χ1n) is 10.1. The maximum atomic E-state index is 14.9. The number of unbranched alkanes of at least 4 members (excludes halogenated alkanes) is 1. The van der Waals surface area contributed by atoms with E-state index in [2.05, 4.69) is 5.32 Å². The number of rotatable bonds is 6. The minimum atomic E-state index is -1.22. The second kappa shape index (κ2) is 7.54. The van der Waals surface area contributed by atoms with Gasteiger partial charge in [0.25, 0.3) is 0 Å². The van der Waals surface area contributed by atoms with Crippen molar-refractivity contribution >= 4 is 22.6 Å². The van der Waals surface area contributed by atoms with Crippen LogP contribution in [0.2, 0.25) is 0 Å². The summed E-state index contributed by atoms with van der Waals surface area (Å²) in [4.78, 5) is 26.9. The monoisotopic (exact) mass is 387 g/mol. The number of benzene rings is 1. The fourth-order valence-corrected chi connectivity index (χ4v) is 4.17. The van der Waals surface area contributed by atoms with Gasteiger partial charge in [-0.3, -0.25) is 4.79 Å². The van der Waals surface area contributed by atoms with E-state index in [4.69, 9.17) is 0 Å². The highest BCUT2D eigenvalue weighted by Crippen LogP contribution is 2.40. The number of hydrogen-bond donors (Lipinski definition) is 2. The van der Waals surface area contributed by atoms with Gasteiger partial charge in [-0.1, -0.05) is 13.3 Å². The number of carboxylic acids is 1. The van der Waals surface area contributed by atoms with Gasteiger partial charge in [0.15, 0.2) is 0 Å². The van der Waals surface area contributed by atoms with E-state index in [1.807, 2.05) is 16.4 Å². The van der Waals surface area contributed by atoms with Crippen LogP contribution >= 0.6 is 0 Å². The molecule has 2 aliphatic rings. The highest BCUT2D eigenvalue weighted by Gasteiger charge is 2.31. The van der Waals surface area contributed by atoms with Crippen molar-refractivity contribution < 1.29 is 14.3 Å². The van der Waals surface area contributed by atoms with Crippen LogP contribution in [0.5, 0.6) is 0 Å². The molecule has 0 spiro atoms. The third-order valence-corrected chi connectivity index (χ3v) is 5.73. The number of anilines is 1. The predicted molar refractivity (Wildman–Crippen MR) is 107 cm³/mol. The van der Waals surface area contributed by atoms with Crippen molar-refractivity contribution in [3.63, 3.8) is 0 Å². The van der Waals surface area contributed by atoms with Gasteiger partial charge >= 0.3 is 5.97 Å². The van der Waals surface area contributed by atoms with E-state index in [1.54, 1.807) is 6.07 Å². The van der Waals surface area contributed by atoms with Crippen LogP contribution in [0.15, 0.2) is 16.9 Å². The molecule has 2 fully saturated rings. The highest BCUT2D eigenvalue weighted by atomic mass is 19.1. The largest absolute Gasteiger partial charge is 0.477 e. The molecule has 0 atom stereocenters. The Morgan fingerprint density at radius 2 is 2.00 bits per heavy atom. The molecule has 0 amide bonds. The van der Waals surface area contributed by atoms with Crippen LogP contribution in [0.1, 0.15) is 54.7 Å². The van der Waals surface area contributed by atoms with Crippen molar-refractivity contribution in [1.82, 2.24) is 9.88 Å². The fourth-order valence-electron chi connectivity index (χ4n) is 4.17. The molecular formula is C21H26FN3O3. The molecule has 0 radical (unpaired) electrons. The number of aromatic carboxylic acids is 1. The molecule has 0 bridgehead atoms. The minimum Gasteiger partial charge on any atom is -0.477 e. The molecule has 2 N–H and O–H groups in total. The number of pyridine rings is 1. The number of carbonyl (C=O) groups is 1. The van der Waals surface area contributed by atoms with Crippen LogP contribution in [-0.2, 0) is 6.42 Å². The van der Waals surface area contributed by atoms with E-state index in [0.29, 0.717) is 36.4 Å². The summed E-state index contributed by atoms with van der Waals surface area (Å²) < 4.78 is 16.9. The molecule has 1 aromatic carbocycles. The summed E-state index contributed by atoms with van der Waals surface area (Å²) >= 11 is 0. The molecule has 2 heterocycles. The van der Waals surface area contributed by atoms with E-state index in [1.165, 1.54) is 6.07 Å². The SMILES string of the molecule is CCCCc1c(C(=O)O)c(=O)c2cc(F)c(N3CCNCC3)cc2n1C1CC1. The predicted octanol–water partition coefficient (Wildman–Crippen LogP) is 2.93. The summed E-state index contributed by atoms with van der Waals surface area (Å²) in [6.07, 6.45) is 4.17. The summed E-state index contributed by atoms with van der Waals surface area (Å²) in [6.45, 7) is 5.01. The summed E-state index contributed by atoms with van der Waals surface area (Å²) in [5.41, 5.74) is 0.983. The molecular weight excluding hydrogens is 361 g/mol. The normalized spacial score (nSPS) is 17.3. The molecule has 1 aromatic heterocycles. The molecule has 4 rings (SSSR count). The van der Waals surface area contributed by atoms with E-state index < -0.39 is 17.2 Å². The topological polar surface area (TPSA) is 74.6 Å². The van der Waals surface area contributed by atoms with E-state index >= 15 is 0 Å². The van der Waals surface area contributed by atoms with E-state index in [0.717, 1.165) is 38.8 Å². The minimum absolute atomic E-state index is 0.168. The number of fused-ring (bicyclic) bond motifs is 1. The Kier molecular flexibility index (Phi) is 5.10. The zero-order valence-corrected chi connectivity index (χ0v) is 16.1. The molecule has 28 heavy (non-hydrogen) atoms. The van der Waals surface area contributed by atoms with Crippen molar-refractivity contribution in [2.24, 2.45) is 0 Å². The van der Waals surface area contributed by atoms with Gasteiger partial charge in [0.05, 0.1) is 11.2 Å². The Labute approximate surface area is 163 Å². The lowest BCUT2D eigenvalue weighted by Crippen LogP contribution is -2.44. The number of aromatic nitrogens is 1. The summed E-state index contributed by atoms with van der Waals surface area (Å²) in [5.74, 6) is -1.69. The maximum absolute atomic E-state index is 14.9. The van der Waals surface area contributed by atoms with E-state index in [-0.39, 0.29) is 17.0 Å². The van der Waals surface area contributed by atoms with Gasteiger partial charge in [-0.25, -0.2) is 9.18 Å². The Bertz CT molecular complexity index is 975. The molecule has 1 aliphatic heterocycles. The van der Waals surface area contributed by atoms with E-state index in [9.17, 15) is 19.1 Å². The number of hydrogen-bond acceptors (Lipinski definition) is 4. The standard InChI is InChI=1S/C21H26FN3O3/c1-2-3-4-16-19(21(27)28)20(26)14-11-15(22)18(24-9-7-23-8-10-24)12-17(14)25(16)13-5-6-13/h11-13,23H,2-10H2,1H3,(H,27,28). The van der Waals surface area contributed by atoms with Crippen LogP contribution in [0.25, 0.3) is 10.9 Å². The summed E-state index contributed by atoms with van der Waals surface area (Å²) in [6, 6.07) is 3.19. The van der Waals surface area contributed by atoms with Gasteiger partial charge < -0.3 is 19.9 Å². The average molecular weight is 387 g/mol. The van der Waals surface area contributed by atoms with Crippen LogP contribution in [0, 0.1) is 5.82 Å². The van der Waals surface area contributed by atoms with Crippen molar-refractivity contribution in [3.8, 4) is 0 Å². The van der Waals surface area contributed by atoms with Gasteiger partial charge in [0, 0.05) is 43.3 Å². The number of piperazine rings is 1. The summed E-state index contributed by atoms with van der Waals surface area (Å²) in [5, 5.41) is 13.2. The number of nitrogens with one attached hydrogen (secondary N) is 1. The second-order valence-corrected chi connectivity index (χ2v) is 7.72. The smallest absolute Gasteiger partial charge is 0.341 e. The van der Waals surface area contributed by atoms with Gasteiger partial charge in [-0.2, -0.15) is 0 Å². The van der Waals surface area contributed by atoms with Crippen LogP contribution < -0.4 is 15.6 Å². The van der Waals surface area contributed by atoms with Gasteiger partial charge in [0.2, 0.25) is 5.43 Å². The molecule has 1 saturated heterocycles. The van der Waals surface area contributed by atoms with Gasteiger partial charge in [-0.15, -0.1) is 0 Å². The number of carboxylic acid groups (broad SMARTS) is 1. The first kappa shape index (κ1) is 18.9. The quantitative estimate of drug-likeness (QED) is 0.797. The third kappa shape index (κ3) is 3.28. The van der Waals surface area contributed by atoms with Crippen LogP contribution in [0.3, 0.4) is 0 Å². The lowest BCUT2D eigenvalue weighted by atomic mass is 10.0. The van der Waals surface area contributed by atoms with Crippen molar-refractivity contribution in [2.45, 2.75) is 45.1 Å². The Morgan fingerprint density at radius 1 is 1.29 bits per heavy atom. The Balaban J connectivity index is 1.99. The second-order valence-electron chi connectivity index (χ2n) is 7.72. The molecule has 6 nitrogen and oxygen atoms in total. The van der Waals surface area contributed by atoms with Crippen molar-refractivity contribution in [1.29, 1.82) is 0 Å². The molecule has 1 aliphatic carbocycles.